The topological polar surface area (TPSA) is 79.5 Å². The molecule has 2 aromatic carbocycles. The summed E-state index contributed by atoms with van der Waals surface area (Å²) in [6.45, 7) is 1.95. The Labute approximate surface area is 167 Å². The van der Waals surface area contributed by atoms with Gasteiger partial charge in [-0.1, -0.05) is 54.1 Å². The smallest absolute Gasteiger partial charge is 0.343 e. The summed E-state index contributed by atoms with van der Waals surface area (Å²) in [6, 6.07) is 17.7. The van der Waals surface area contributed by atoms with Crippen molar-refractivity contribution in [1.82, 2.24) is 5.32 Å². The zero-order valence-corrected chi connectivity index (χ0v) is 16.1. The Morgan fingerprint density at radius 2 is 1.82 bits per heavy atom. The van der Waals surface area contributed by atoms with E-state index in [9.17, 15) is 14.7 Å². The molecule has 1 aromatic heterocycles. The number of carbonyl (C=O) groups is 1. The summed E-state index contributed by atoms with van der Waals surface area (Å²) in [5, 5.41) is 13.8. The zero-order valence-electron chi connectivity index (χ0n) is 15.3. The van der Waals surface area contributed by atoms with E-state index in [1.165, 1.54) is 6.07 Å². The number of carbonyl (C=O) groups excluding carboxylic acids is 1. The summed E-state index contributed by atoms with van der Waals surface area (Å²) in [7, 11) is 0. The molecule has 0 fully saturated rings. The number of hydrogen-bond acceptors (Lipinski definition) is 4. The van der Waals surface area contributed by atoms with E-state index in [1.807, 2.05) is 30.3 Å². The number of amides is 1. The Morgan fingerprint density at radius 3 is 2.46 bits per heavy atom. The summed E-state index contributed by atoms with van der Waals surface area (Å²) in [4.78, 5) is 25.0. The molecule has 0 aliphatic rings. The van der Waals surface area contributed by atoms with Crippen LogP contribution in [-0.2, 0) is 11.3 Å². The van der Waals surface area contributed by atoms with Gasteiger partial charge in [0.15, 0.2) is 0 Å². The Balaban J connectivity index is 1.88. The van der Waals surface area contributed by atoms with Crippen LogP contribution in [0.15, 0.2) is 69.9 Å². The largest absolute Gasteiger partial charge is 0.507 e. The minimum absolute atomic E-state index is 0.0180. The molecule has 0 radical (unpaired) electrons. The monoisotopic (exact) mass is 397 g/mol. The third kappa shape index (κ3) is 4.81. The van der Waals surface area contributed by atoms with Gasteiger partial charge in [-0.3, -0.25) is 4.79 Å². The lowest BCUT2D eigenvalue weighted by Crippen LogP contribution is -2.26. The second kappa shape index (κ2) is 8.76. The number of rotatable bonds is 6. The lowest BCUT2D eigenvalue weighted by atomic mass is 9.88. The second-order valence-corrected chi connectivity index (χ2v) is 6.95. The summed E-state index contributed by atoms with van der Waals surface area (Å²) in [5.41, 5.74) is 1.05. The molecule has 1 atom stereocenters. The van der Waals surface area contributed by atoms with E-state index in [1.54, 1.807) is 31.2 Å². The van der Waals surface area contributed by atoms with Crippen LogP contribution < -0.4 is 10.9 Å². The maximum atomic E-state index is 12.6. The van der Waals surface area contributed by atoms with Gasteiger partial charge in [0.1, 0.15) is 11.5 Å². The van der Waals surface area contributed by atoms with Crippen LogP contribution in [0.4, 0.5) is 0 Å². The van der Waals surface area contributed by atoms with Gasteiger partial charge in [0, 0.05) is 30.0 Å². The van der Waals surface area contributed by atoms with Gasteiger partial charge in [-0.15, -0.1) is 0 Å². The molecule has 6 heteroatoms. The third-order valence-electron chi connectivity index (χ3n) is 4.43. The summed E-state index contributed by atoms with van der Waals surface area (Å²) in [6.07, 6.45) is -0.0180. The molecular weight excluding hydrogens is 378 g/mol. The molecule has 2 N–H and O–H groups in total. The van der Waals surface area contributed by atoms with Gasteiger partial charge in [0.25, 0.3) is 0 Å². The molecule has 0 spiro atoms. The number of aromatic hydroxyl groups is 1. The van der Waals surface area contributed by atoms with Crippen LogP contribution in [-0.4, -0.2) is 11.0 Å². The van der Waals surface area contributed by atoms with Crippen molar-refractivity contribution in [2.75, 3.05) is 0 Å². The molecule has 0 saturated carbocycles. The number of aryl methyl sites for hydroxylation is 1. The van der Waals surface area contributed by atoms with Crippen molar-refractivity contribution in [3.8, 4) is 5.75 Å². The molecule has 1 heterocycles. The Morgan fingerprint density at radius 1 is 1.14 bits per heavy atom. The molecule has 3 aromatic rings. The molecule has 0 aliphatic carbocycles. The minimum Gasteiger partial charge on any atom is -0.507 e. The van der Waals surface area contributed by atoms with Crippen LogP contribution in [0.25, 0.3) is 0 Å². The van der Waals surface area contributed by atoms with Gasteiger partial charge in [0.05, 0.1) is 5.56 Å². The van der Waals surface area contributed by atoms with Gasteiger partial charge >= 0.3 is 5.63 Å². The first-order chi connectivity index (χ1) is 13.4. The van der Waals surface area contributed by atoms with Crippen molar-refractivity contribution in [2.45, 2.75) is 25.8 Å². The minimum atomic E-state index is -0.662. The molecule has 1 amide bonds. The maximum Gasteiger partial charge on any atom is 0.343 e. The highest BCUT2D eigenvalue weighted by atomic mass is 35.5. The number of nitrogens with one attached hydrogen (secondary N) is 1. The average Bonchev–Trinajstić information content (AvgIpc) is 2.66. The molecule has 5 nitrogen and oxygen atoms in total. The summed E-state index contributed by atoms with van der Waals surface area (Å²) >= 11 is 5.96. The molecule has 144 valence electrons. The highest BCUT2D eigenvalue weighted by molar-refractivity contribution is 6.30. The third-order valence-corrected chi connectivity index (χ3v) is 4.68. The van der Waals surface area contributed by atoms with E-state index in [-0.39, 0.29) is 23.6 Å². The van der Waals surface area contributed by atoms with Crippen LogP contribution in [0.5, 0.6) is 5.75 Å². The zero-order chi connectivity index (χ0) is 20.1. The first-order valence-corrected chi connectivity index (χ1v) is 9.21. The lowest BCUT2D eigenvalue weighted by molar-refractivity contribution is -0.121. The average molecular weight is 398 g/mol. The fourth-order valence-corrected chi connectivity index (χ4v) is 3.19. The van der Waals surface area contributed by atoms with E-state index in [0.717, 1.165) is 5.56 Å². The highest BCUT2D eigenvalue weighted by Gasteiger charge is 2.25. The maximum absolute atomic E-state index is 12.6. The first-order valence-electron chi connectivity index (χ1n) is 8.83. The van der Waals surface area contributed by atoms with Crippen LogP contribution in [0.2, 0.25) is 5.02 Å². The van der Waals surface area contributed by atoms with Crippen molar-refractivity contribution in [3.05, 3.63) is 98.6 Å². The van der Waals surface area contributed by atoms with Crippen molar-refractivity contribution < 1.29 is 14.3 Å². The Hall–Kier alpha value is -3.05. The second-order valence-electron chi connectivity index (χ2n) is 6.51. The number of hydrogen-bond donors (Lipinski definition) is 2. The van der Waals surface area contributed by atoms with Gasteiger partial charge in [0.2, 0.25) is 5.91 Å². The SMILES string of the molecule is Cc1cc(O)c(C(CC(=O)NCc2ccccc2)c2ccc(Cl)cc2)c(=O)o1. The van der Waals surface area contributed by atoms with E-state index >= 15 is 0 Å². The van der Waals surface area contributed by atoms with Gasteiger partial charge in [-0.05, 0) is 30.2 Å². The van der Waals surface area contributed by atoms with E-state index in [0.29, 0.717) is 22.9 Å². The van der Waals surface area contributed by atoms with Crippen molar-refractivity contribution in [3.63, 3.8) is 0 Å². The predicted molar refractivity (Wildman–Crippen MR) is 108 cm³/mol. The Bertz CT molecular complexity index is 1010. The standard InChI is InChI=1S/C22H20ClNO4/c1-14-11-19(25)21(22(27)28-14)18(16-7-9-17(23)10-8-16)12-20(26)24-13-15-5-3-2-4-6-15/h2-11,18,25H,12-13H2,1H3,(H,24,26). The Kier molecular flexibility index (Phi) is 6.16. The molecule has 1 unspecified atom stereocenters. The molecule has 0 bridgehead atoms. The highest BCUT2D eigenvalue weighted by Crippen LogP contribution is 2.32. The van der Waals surface area contributed by atoms with Gasteiger partial charge < -0.3 is 14.8 Å². The molecule has 3 rings (SSSR count). The fourth-order valence-electron chi connectivity index (χ4n) is 3.06. The van der Waals surface area contributed by atoms with Crippen LogP contribution in [0.1, 0.15) is 34.8 Å². The molecule has 0 aliphatic heterocycles. The normalized spacial score (nSPS) is 11.8. The first kappa shape index (κ1) is 19.7. The molecule has 0 saturated heterocycles. The summed E-state index contributed by atoms with van der Waals surface area (Å²) < 4.78 is 5.15. The van der Waals surface area contributed by atoms with Gasteiger partial charge in [-0.2, -0.15) is 0 Å². The predicted octanol–water partition coefficient (Wildman–Crippen LogP) is 4.15. The van der Waals surface area contributed by atoms with Crippen LogP contribution >= 0.6 is 11.6 Å². The molecule has 28 heavy (non-hydrogen) atoms. The van der Waals surface area contributed by atoms with Crippen LogP contribution in [0, 0.1) is 6.92 Å². The quantitative estimate of drug-likeness (QED) is 0.655. The van der Waals surface area contributed by atoms with Crippen molar-refractivity contribution in [1.29, 1.82) is 0 Å². The van der Waals surface area contributed by atoms with Gasteiger partial charge in [-0.25, -0.2) is 4.79 Å². The lowest BCUT2D eigenvalue weighted by Gasteiger charge is -2.18. The van der Waals surface area contributed by atoms with E-state index < -0.39 is 11.5 Å². The number of benzene rings is 2. The number of halogens is 1. The van der Waals surface area contributed by atoms with Crippen LogP contribution in [0.3, 0.4) is 0 Å². The van der Waals surface area contributed by atoms with Crippen molar-refractivity contribution >= 4 is 17.5 Å². The van der Waals surface area contributed by atoms with Crippen molar-refractivity contribution in [2.24, 2.45) is 0 Å². The fraction of sp³-hybridized carbons (Fsp3) is 0.182. The van der Waals surface area contributed by atoms with E-state index in [2.05, 4.69) is 5.32 Å². The van der Waals surface area contributed by atoms with E-state index in [4.69, 9.17) is 16.0 Å². The molecular formula is C22H20ClNO4. The summed E-state index contributed by atoms with van der Waals surface area (Å²) in [5.74, 6) is -0.799.